The first-order valence-electron chi connectivity index (χ1n) is 11.4. The minimum absolute atomic E-state index is 0.116. The highest BCUT2D eigenvalue weighted by molar-refractivity contribution is 5.97. The van der Waals surface area contributed by atoms with Gasteiger partial charge in [0.15, 0.2) is 0 Å². The minimum atomic E-state index is -0.811. The van der Waals surface area contributed by atoms with Gasteiger partial charge in [-0.05, 0) is 55.2 Å². The lowest BCUT2D eigenvalue weighted by Gasteiger charge is -2.11. The van der Waals surface area contributed by atoms with Crippen molar-refractivity contribution in [1.82, 2.24) is 15.3 Å². The summed E-state index contributed by atoms with van der Waals surface area (Å²) in [5, 5.41) is 20.7. The molecule has 0 saturated carbocycles. The van der Waals surface area contributed by atoms with Gasteiger partial charge in [0.05, 0.1) is 34.1 Å². The van der Waals surface area contributed by atoms with E-state index in [0.717, 1.165) is 22.5 Å². The first-order chi connectivity index (χ1) is 17.0. The summed E-state index contributed by atoms with van der Waals surface area (Å²) in [6.07, 6.45) is 1.94. The van der Waals surface area contributed by atoms with Gasteiger partial charge in [0.25, 0.3) is 5.91 Å². The second-order valence-electron chi connectivity index (χ2n) is 8.18. The molecule has 0 saturated heterocycles. The van der Waals surface area contributed by atoms with Crippen LogP contribution in [0, 0.1) is 11.3 Å². The van der Waals surface area contributed by atoms with Crippen LogP contribution in [-0.4, -0.2) is 27.0 Å². The average molecular weight is 465 g/mol. The number of carbonyl (C=O) groups excluding carboxylic acids is 1. The molecule has 0 unspecified atom stereocenters. The highest BCUT2D eigenvalue weighted by atomic mass is 16.4. The number of hydrogen-bond acceptors (Lipinski definition) is 5. The van der Waals surface area contributed by atoms with Crippen LogP contribution in [0.3, 0.4) is 0 Å². The van der Waals surface area contributed by atoms with E-state index in [9.17, 15) is 9.59 Å². The van der Waals surface area contributed by atoms with Gasteiger partial charge in [-0.25, -0.2) is 9.97 Å². The molecule has 35 heavy (non-hydrogen) atoms. The molecule has 0 spiro atoms. The summed E-state index contributed by atoms with van der Waals surface area (Å²) >= 11 is 0. The van der Waals surface area contributed by atoms with Crippen molar-refractivity contribution in [3.63, 3.8) is 0 Å². The number of nitriles is 1. The number of hydrogen-bond donors (Lipinski definition) is 2. The van der Waals surface area contributed by atoms with Crippen LogP contribution < -0.4 is 5.32 Å². The molecule has 1 aromatic heterocycles. The monoisotopic (exact) mass is 464 g/mol. The van der Waals surface area contributed by atoms with Crippen LogP contribution in [0.4, 0.5) is 0 Å². The number of amides is 1. The second kappa shape index (κ2) is 11.0. The van der Waals surface area contributed by atoms with Crippen molar-refractivity contribution in [3.05, 3.63) is 95.2 Å². The Hall–Kier alpha value is -4.57. The first-order valence-corrected chi connectivity index (χ1v) is 11.4. The molecule has 174 valence electrons. The molecule has 0 aliphatic rings. The van der Waals surface area contributed by atoms with Crippen LogP contribution in [0.5, 0.6) is 0 Å². The van der Waals surface area contributed by atoms with Gasteiger partial charge >= 0.3 is 5.97 Å². The fraction of sp³-hybridized carbons (Fsp3) is 0.179. The van der Waals surface area contributed by atoms with Crippen molar-refractivity contribution in [2.45, 2.75) is 32.2 Å². The van der Waals surface area contributed by atoms with Gasteiger partial charge in [-0.3, -0.25) is 9.59 Å². The predicted molar refractivity (Wildman–Crippen MR) is 132 cm³/mol. The van der Waals surface area contributed by atoms with Crippen molar-refractivity contribution in [1.29, 1.82) is 5.26 Å². The maximum absolute atomic E-state index is 12.8. The van der Waals surface area contributed by atoms with Crippen LogP contribution in [0.25, 0.3) is 22.3 Å². The van der Waals surface area contributed by atoms with E-state index in [1.165, 1.54) is 0 Å². The number of fused-ring (bicyclic) bond motifs is 1. The Kier molecular flexibility index (Phi) is 7.44. The van der Waals surface area contributed by atoms with Gasteiger partial charge in [-0.2, -0.15) is 5.26 Å². The summed E-state index contributed by atoms with van der Waals surface area (Å²) in [7, 11) is 0. The van der Waals surface area contributed by atoms with Gasteiger partial charge in [0.1, 0.15) is 0 Å². The Labute approximate surface area is 203 Å². The molecule has 7 heteroatoms. The number of rotatable bonds is 9. The summed E-state index contributed by atoms with van der Waals surface area (Å²) in [5.74, 6) is -1.04. The molecule has 1 heterocycles. The zero-order chi connectivity index (χ0) is 24.6. The normalized spacial score (nSPS) is 10.6. The molecule has 0 bridgehead atoms. The Balaban J connectivity index is 1.57. The highest BCUT2D eigenvalue weighted by Gasteiger charge is 2.14. The van der Waals surface area contributed by atoms with Crippen LogP contribution >= 0.6 is 0 Å². The van der Waals surface area contributed by atoms with E-state index in [1.54, 1.807) is 30.3 Å². The molecular formula is C28H24N4O3. The van der Waals surface area contributed by atoms with Crippen molar-refractivity contribution < 1.29 is 14.7 Å². The number of aliphatic carboxylic acids is 1. The molecule has 1 amide bonds. The van der Waals surface area contributed by atoms with Crippen LogP contribution in [0.1, 0.15) is 46.4 Å². The van der Waals surface area contributed by atoms with Crippen LogP contribution in [-0.2, 0) is 17.8 Å². The van der Waals surface area contributed by atoms with E-state index >= 15 is 0 Å². The topological polar surface area (TPSA) is 116 Å². The molecule has 4 rings (SSSR count). The van der Waals surface area contributed by atoms with Crippen molar-refractivity contribution in [3.8, 4) is 17.3 Å². The Bertz CT molecular complexity index is 1390. The molecule has 3 aromatic carbocycles. The van der Waals surface area contributed by atoms with Crippen LogP contribution in [0.15, 0.2) is 72.8 Å². The highest BCUT2D eigenvalue weighted by Crippen LogP contribution is 2.25. The molecule has 7 nitrogen and oxygen atoms in total. The third kappa shape index (κ3) is 6.06. The lowest BCUT2D eigenvalue weighted by atomic mass is 10.0. The van der Waals surface area contributed by atoms with E-state index in [-0.39, 0.29) is 12.3 Å². The lowest BCUT2D eigenvalue weighted by molar-refractivity contribution is -0.137. The fourth-order valence-electron chi connectivity index (χ4n) is 3.78. The SMILES string of the molecule is N#Cc1ccc(CNC(=O)c2ccc3nc(-c4ccccc4)c(CCCCC(=O)O)nc3c2)cc1. The Morgan fingerprint density at radius 1 is 0.914 bits per heavy atom. The molecular weight excluding hydrogens is 440 g/mol. The van der Waals surface area contributed by atoms with Gasteiger partial charge in [0.2, 0.25) is 0 Å². The maximum Gasteiger partial charge on any atom is 0.303 e. The summed E-state index contributed by atoms with van der Waals surface area (Å²) in [5.41, 5.74) is 5.74. The van der Waals surface area contributed by atoms with Crippen molar-refractivity contribution in [2.75, 3.05) is 0 Å². The van der Waals surface area contributed by atoms with E-state index in [1.807, 2.05) is 42.5 Å². The Morgan fingerprint density at radius 2 is 1.69 bits per heavy atom. The lowest BCUT2D eigenvalue weighted by Crippen LogP contribution is -2.22. The maximum atomic E-state index is 12.8. The van der Waals surface area contributed by atoms with Gasteiger partial charge < -0.3 is 10.4 Å². The third-order valence-corrected chi connectivity index (χ3v) is 5.64. The number of benzene rings is 3. The first kappa shape index (κ1) is 23.6. The number of unbranched alkanes of at least 4 members (excludes halogenated alkanes) is 1. The van der Waals surface area contributed by atoms with E-state index in [2.05, 4.69) is 11.4 Å². The van der Waals surface area contributed by atoms with Gasteiger partial charge in [-0.1, -0.05) is 42.5 Å². The molecule has 0 aliphatic heterocycles. The third-order valence-electron chi connectivity index (χ3n) is 5.64. The predicted octanol–water partition coefficient (Wildman–Crippen LogP) is 4.90. The largest absolute Gasteiger partial charge is 0.481 e. The van der Waals surface area contributed by atoms with Crippen LogP contribution in [0.2, 0.25) is 0 Å². The number of aromatic nitrogens is 2. The number of nitrogens with zero attached hydrogens (tertiary/aromatic N) is 3. The second-order valence-corrected chi connectivity index (χ2v) is 8.18. The number of carbonyl (C=O) groups is 2. The smallest absolute Gasteiger partial charge is 0.303 e. The molecule has 0 radical (unpaired) electrons. The summed E-state index contributed by atoms with van der Waals surface area (Å²) in [6.45, 7) is 0.343. The van der Waals surface area contributed by atoms with E-state index < -0.39 is 5.97 Å². The standard InChI is InChI=1S/C28H24N4O3/c29-17-19-10-12-20(13-11-19)18-30-28(35)22-14-15-23-25(16-22)31-24(8-4-5-9-26(33)34)27(32-23)21-6-2-1-3-7-21/h1-3,6-7,10-16H,4-5,8-9,18H2,(H,30,35)(H,33,34). The number of nitrogens with one attached hydrogen (secondary N) is 1. The number of carboxylic acids is 1. The number of aryl methyl sites for hydroxylation is 1. The van der Waals surface area contributed by atoms with Gasteiger partial charge in [0, 0.05) is 24.1 Å². The quantitative estimate of drug-likeness (QED) is 0.341. The molecule has 4 aromatic rings. The zero-order valence-corrected chi connectivity index (χ0v) is 19.1. The Morgan fingerprint density at radius 3 is 2.40 bits per heavy atom. The molecule has 2 N–H and O–H groups in total. The summed E-state index contributed by atoms with van der Waals surface area (Å²) in [4.78, 5) is 33.3. The molecule has 0 atom stereocenters. The zero-order valence-electron chi connectivity index (χ0n) is 19.1. The summed E-state index contributed by atoms with van der Waals surface area (Å²) < 4.78 is 0. The van der Waals surface area contributed by atoms with Crippen molar-refractivity contribution >= 4 is 22.9 Å². The van der Waals surface area contributed by atoms with E-state index in [4.69, 9.17) is 20.3 Å². The average Bonchev–Trinajstić information content (AvgIpc) is 2.89. The fourth-order valence-corrected chi connectivity index (χ4v) is 3.78. The summed E-state index contributed by atoms with van der Waals surface area (Å²) in [6, 6.07) is 24.2. The number of carboxylic acid groups (broad SMARTS) is 1. The molecule has 0 fully saturated rings. The minimum Gasteiger partial charge on any atom is -0.481 e. The van der Waals surface area contributed by atoms with Gasteiger partial charge in [-0.15, -0.1) is 0 Å². The van der Waals surface area contributed by atoms with E-state index in [0.29, 0.717) is 48.0 Å². The molecule has 0 aliphatic carbocycles. The van der Waals surface area contributed by atoms with Crippen molar-refractivity contribution in [2.24, 2.45) is 0 Å².